The largest absolute Gasteiger partial charge is 0.357 e. The Labute approximate surface area is 155 Å². The zero-order chi connectivity index (χ0) is 17.8. The van der Waals surface area contributed by atoms with Crippen LogP contribution in [0.4, 0.5) is 0 Å². The van der Waals surface area contributed by atoms with Gasteiger partial charge < -0.3 is 4.98 Å². The molecule has 0 bridgehead atoms. The Morgan fingerprint density at radius 3 is 2.69 bits per heavy atom. The molecular weight excluding hydrogens is 320 g/mol. The summed E-state index contributed by atoms with van der Waals surface area (Å²) in [5.74, 6) is 0. The second-order valence-electron chi connectivity index (χ2n) is 7.36. The molecule has 1 saturated heterocycles. The SMILES string of the molecule is CCN(Cc1cccnc1)Cc1ccc2[nH]c(CN3CCCC3)cc2c1. The first-order valence-corrected chi connectivity index (χ1v) is 9.74. The summed E-state index contributed by atoms with van der Waals surface area (Å²) in [6, 6.07) is 13.3. The maximum Gasteiger partial charge on any atom is 0.0456 e. The van der Waals surface area contributed by atoms with Gasteiger partial charge in [-0.25, -0.2) is 0 Å². The van der Waals surface area contributed by atoms with Crippen molar-refractivity contribution in [1.29, 1.82) is 0 Å². The van der Waals surface area contributed by atoms with Gasteiger partial charge in [0.1, 0.15) is 0 Å². The topological polar surface area (TPSA) is 35.2 Å². The second kappa shape index (κ2) is 8.02. The summed E-state index contributed by atoms with van der Waals surface area (Å²) >= 11 is 0. The highest BCUT2D eigenvalue weighted by atomic mass is 15.1. The molecule has 1 aromatic carbocycles. The summed E-state index contributed by atoms with van der Waals surface area (Å²) < 4.78 is 0. The quantitative estimate of drug-likeness (QED) is 0.696. The van der Waals surface area contributed by atoms with Crippen LogP contribution in [0.15, 0.2) is 48.8 Å². The molecule has 0 aliphatic carbocycles. The maximum atomic E-state index is 4.23. The van der Waals surface area contributed by atoms with Crippen molar-refractivity contribution in [3.63, 3.8) is 0 Å². The van der Waals surface area contributed by atoms with E-state index in [1.54, 1.807) is 0 Å². The first-order valence-electron chi connectivity index (χ1n) is 9.74. The Bertz CT molecular complexity index is 834. The zero-order valence-corrected chi connectivity index (χ0v) is 15.6. The predicted molar refractivity (Wildman–Crippen MR) is 107 cm³/mol. The van der Waals surface area contributed by atoms with Gasteiger partial charge in [-0.3, -0.25) is 14.8 Å². The minimum atomic E-state index is 0.940. The maximum absolute atomic E-state index is 4.23. The molecular formula is C22H28N4. The standard InChI is InChI=1S/C22H28N4/c1-2-25(16-19-6-5-9-23-14-19)15-18-7-8-22-20(12-18)13-21(24-22)17-26-10-3-4-11-26/h5-9,12-14,24H,2-4,10-11,15-17H2,1H3. The number of pyridine rings is 1. The molecule has 2 aromatic heterocycles. The van der Waals surface area contributed by atoms with Crippen LogP contribution in [-0.2, 0) is 19.6 Å². The van der Waals surface area contributed by atoms with E-state index in [-0.39, 0.29) is 0 Å². The second-order valence-corrected chi connectivity index (χ2v) is 7.36. The third-order valence-corrected chi connectivity index (χ3v) is 5.32. The number of nitrogens with zero attached hydrogens (tertiary/aromatic N) is 3. The molecule has 1 N–H and O–H groups in total. The van der Waals surface area contributed by atoms with Crippen LogP contribution >= 0.6 is 0 Å². The summed E-state index contributed by atoms with van der Waals surface area (Å²) in [7, 11) is 0. The van der Waals surface area contributed by atoms with Crippen molar-refractivity contribution in [3.8, 4) is 0 Å². The number of likely N-dealkylation sites (tertiary alicyclic amines) is 1. The number of hydrogen-bond donors (Lipinski definition) is 1. The number of hydrogen-bond acceptors (Lipinski definition) is 3. The molecule has 3 aromatic rings. The molecule has 1 aliphatic heterocycles. The van der Waals surface area contributed by atoms with E-state index in [0.29, 0.717) is 0 Å². The van der Waals surface area contributed by atoms with Crippen molar-refractivity contribution in [2.45, 2.75) is 39.4 Å². The molecule has 0 radical (unpaired) electrons. The molecule has 1 fully saturated rings. The number of fused-ring (bicyclic) bond motifs is 1. The van der Waals surface area contributed by atoms with Gasteiger partial charge in [0.05, 0.1) is 0 Å². The van der Waals surface area contributed by atoms with E-state index in [0.717, 1.165) is 26.2 Å². The van der Waals surface area contributed by atoms with Gasteiger partial charge in [0, 0.05) is 48.6 Å². The molecule has 4 heteroatoms. The smallest absolute Gasteiger partial charge is 0.0456 e. The van der Waals surface area contributed by atoms with Crippen LogP contribution in [0.5, 0.6) is 0 Å². The van der Waals surface area contributed by atoms with Crippen LogP contribution in [0.3, 0.4) is 0 Å². The summed E-state index contributed by atoms with van der Waals surface area (Å²) in [4.78, 5) is 12.8. The van der Waals surface area contributed by atoms with Crippen molar-refractivity contribution >= 4 is 10.9 Å². The van der Waals surface area contributed by atoms with Crippen LogP contribution < -0.4 is 0 Å². The van der Waals surface area contributed by atoms with Gasteiger partial charge in [0.25, 0.3) is 0 Å². The van der Waals surface area contributed by atoms with Gasteiger partial charge in [-0.15, -0.1) is 0 Å². The molecule has 136 valence electrons. The highest BCUT2D eigenvalue weighted by molar-refractivity contribution is 5.81. The highest BCUT2D eigenvalue weighted by Crippen LogP contribution is 2.21. The van der Waals surface area contributed by atoms with Gasteiger partial charge >= 0.3 is 0 Å². The summed E-state index contributed by atoms with van der Waals surface area (Å²) in [5, 5.41) is 1.33. The molecule has 0 atom stereocenters. The fourth-order valence-electron chi connectivity index (χ4n) is 3.89. The molecule has 0 spiro atoms. The molecule has 0 saturated carbocycles. The Morgan fingerprint density at radius 1 is 1.08 bits per heavy atom. The predicted octanol–water partition coefficient (Wildman–Crippen LogP) is 4.18. The first-order chi connectivity index (χ1) is 12.8. The van der Waals surface area contributed by atoms with Crippen molar-refractivity contribution in [2.24, 2.45) is 0 Å². The fraction of sp³-hybridized carbons (Fsp3) is 0.409. The molecule has 0 amide bonds. The normalized spacial score (nSPS) is 15.3. The lowest BCUT2D eigenvalue weighted by Gasteiger charge is -2.20. The van der Waals surface area contributed by atoms with E-state index in [1.807, 2.05) is 18.5 Å². The van der Waals surface area contributed by atoms with Crippen molar-refractivity contribution in [1.82, 2.24) is 19.8 Å². The molecule has 4 nitrogen and oxygen atoms in total. The van der Waals surface area contributed by atoms with E-state index in [2.05, 4.69) is 57.0 Å². The monoisotopic (exact) mass is 348 g/mol. The molecule has 3 heterocycles. The van der Waals surface area contributed by atoms with Crippen LogP contribution in [0.25, 0.3) is 10.9 Å². The van der Waals surface area contributed by atoms with Gasteiger partial charge in [0.2, 0.25) is 0 Å². The lowest BCUT2D eigenvalue weighted by atomic mass is 10.1. The molecule has 4 rings (SSSR count). The third kappa shape index (κ3) is 4.14. The average Bonchev–Trinajstić information content (AvgIpc) is 3.31. The van der Waals surface area contributed by atoms with Crippen molar-refractivity contribution in [3.05, 3.63) is 65.6 Å². The minimum absolute atomic E-state index is 0.940. The van der Waals surface area contributed by atoms with Crippen LogP contribution in [0, 0.1) is 0 Å². The van der Waals surface area contributed by atoms with Crippen LogP contribution in [0.2, 0.25) is 0 Å². The molecule has 26 heavy (non-hydrogen) atoms. The van der Waals surface area contributed by atoms with E-state index in [4.69, 9.17) is 0 Å². The van der Waals surface area contributed by atoms with Crippen molar-refractivity contribution in [2.75, 3.05) is 19.6 Å². The lowest BCUT2D eigenvalue weighted by molar-refractivity contribution is 0.271. The van der Waals surface area contributed by atoms with Crippen LogP contribution in [0.1, 0.15) is 36.6 Å². The van der Waals surface area contributed by atoms with Gasteiger partial charge in [-0.05, 0) is 67.9 Å². The molecule has 0 unspecified atom stereocenters. The number of nitrogens with one attached hydrogen (secondary N) is 1. The summed E-state index contributed by atoms with van der Waals surface area (Å²) in [6.45, 7) is 8.68. The minimum Gasteiger partial charge on any atom is -0.357 e. The Kier molecular flexibility index (Phi) is 5.32. The van der Waals surface area contributed by atoms with E-state index >= 15 is 0 Å². The van der Waals surface area contributed by atoms with E-state index in [1.165, 1.54) is 53.7 Å². The third-order valence-electron chi connectivity index (χ3n) is 5.32. The Morgan fingerprint density at radius 2 is 1.92 bits per heavy atom. The Hall–Kier alpha value is -2.17. The number of H-pyrrole nitrogens is 1. The van der Waals surface area contributed by atoms with Crippen molar-refractivity contribution < 1.29 is 0 Å². The first kappa shape index (κ1) is 17.3. The number of rotatable bonds is 7. The summed E-state index contributed by atoms with van der Waals surface area (Å²) in [6.07, 6.45) is 6.48. The van der Waals surface area contributed by atoms with E-state index < -0.39 is 0 Å². The summed E-state index contributed by atoms with van der Waals surface area (Å²) in [5.41, 5.74) is 5.22. The fourth-order valence-corrected chi connectivity index (χ4v) is 3.89. The zero-order valence-electron chi connectivity index (χ0n) is 15.6. The number of benzene rings is 1. The Balaban J connectivity index is 1.45. The van der Waals surface area contributed by atoms with Crippen LogP contribution in [-0.4, -0.2) is 39.4 Å². The molecule has 1 aliphatic rings. The van der Waals surface area contributed by atoms with Gasteiger partial charge in [-0.2, -0.15) is 0 Å². The lowest BCUT2D eigenvalue weighted by Crippen LogP contribution is -2.22. The highest BCUT2D eigenvalue weighted by Gasteiger charge is 2.13. The average molecular weight is 348 g/mol. The van der Waals surface area contributed by atoms with Gasteiger partial charge in [0.15, 0.2) is 0 Å². The van der Waals surface area contributed by atoms with Gasteiger partial charge in [-0.1, -0.05) is 19.1 Å². The van der Waals surface area contributed by atoms with E-state index in [9.17, 15) is 0 Å². The number of aromatic amines is 1. The number of aromatic nitrogens is 2.